The normalized spacial score (nSPS) is 18.9. The summed E-state index contributed by atoms with van der Waals surface area (Å²) in [6.45, 7) is 0.846. The van der Waals surface area contributed by atoms with Crippen LogP contribution in [0.15, 0.2) is 47.7 Å². The van der Waals surface area contributed by atoms with Crippen molar-refractivity contribution in [2.45, 2.75) is 25.4 Å². The number of hydrogen-bond donors (Lipinski definition) is 1. The average molecular weight is 449 g/mol. The quantitative estimate of drug-likeness (QED) is 0.662. The Hall–Kier alpha value is -3.36. The van der Waals surface area contributed by atoms with Gasteiger partial charge in [0.25, 0.3) is 5.91 Å². The van der Waals surface area contributed by atoms with E-state index in [1.807, 2.05) is 43.7 Å². The fourth-order valence-electron chi connectivity index (χ4n) is 4.27. The Kier molecular flexibility index (Phi) is 5.78. The molecule has 1 atom stereocenters. The lowest BCUT2D eigenvalue weighted by molar-refractivity contribution is 0.0523. The lowest BCUT2D eigenvalue weighted by atomic mass is 9.96. The van der Waals surface area contributed by atoms with Crippen molar-refractivity contribution in [3.05, 3.63) is 70.8 Å². The van der Waals surface area contributed by atoms with Crippen LogP contribution in [0.5, 0.6) is 5.75 Å². The Labute approximate surface area is 190 Å². The number of amides is 1. The first kappa shape index (κ1) is 21.5. The van der Waals surface area contributed by atoms with Crippen molar-refractivity contribution in [2.75, 3.05) is 19.8 Å². The summed E-state index contributed by atoms with van der Waals surface area (Å²) in [5.41, 5.74) is 4.48. The average Bonchev–Trinajstić information content (AvgIpc) is 3.47. The van der Waals surface area contributed by atoms with Gasteiger partial charge in [-0.2, -0.15) is 5.10 Å². The number of aromatic nitrogens is 2. The van der Waals surface area contributed by atoms with Crippen LogP contribution in [0.3, 0.4) is 0 Å². The zero-order chi connectivity index (χ0) is 22.9. The molecule has 2 aliphatic heterocycles. The summed E-state index contributed by atoms with van der Waals surface area (Å²) in [4.78, 5) is 16.9. The molecule has 0 radical (unpaired) electrons. The summed E-state index contributed by atoms with van der Waals surface area (Å²) < 4.78 is 27.8. The van der Waals surface area contributed by atoms with E-state index in [0.29, 0.717) is 49.5 Å². The van der Waals surface area contributed by atoms with Crippen LogP contribution < -0.4 is 4.74 Å². The second-order valence-corrected chi connectivity index (χ2v) is 8.33. The maximum absolute atomic E-state index is 15.2. The summed E-state index contributed by atoms with van der Waals surface area (Å²) >= 11 is 0. The standard InChI is InChI=1S/C25H24FN3O4/c1-29-13-18(12-27-29)16-4-2-15(3-5-16)10-17-11-20(23(26)19-6-9-33-24(17)19)25(31)28-21-7-8-32-14-22(21)30/h2-5,11-13,22,30H,6-10,14H2,1H3/b28-21-/t22-/m0/s1. The first-order valence-corrected chi connectivity index (χ1v) is 10.9. The van der Waals surface area contributed by atoms with E-state index in [4.69, 9.17) is 9.47 Å². The molecule has 3 aromatic rings. The van der Waals surface area contributed by atoms with Crippen LogP contribution in [0.4, 0.5) is 4.39 Å². The summed E-state index contributed by atoms with van der Waals surface area (Å²) in [6.07, 6.45) is 4.06. The van der Waals surface area contributed by atoms with Crippen molar-refractivity contribution >= 4 is 11.6 Å². The van der Waals surface area contributed by atoms with Gasteiger partial charge in [-0.15, -0.1) is 0 Å². The van der Waals surface area contributed by atoms with E-state index in [-0.39, 0.29) is 12.2 Å². The molecule has 2 aliphatic rings. The third kappa shape index (κ3) is 4.31. The van der Waals surface area contributed by atoms with E-state index >= 15 is 4.39 Å². The van der Waals surface area contributed by atoms with E-state index in [0.717, 1.165) is 22.3 Å². The van der Waals surface area contributed by atoms with Crippen molar-refractivity contribution < 1.29 is 23.8 Å². The predicted molar refractivity (Wildman–Crippen MR) is 120 cm³/mol. The number of nitrogens with zero attached hydrogens (tertiary/aromatic N) is 3. The van der Waals surface area contributed by atoms with Gasteiger partial charge < -0.3 is 14.6 Å². The fourth-order valence-corrected chi connectivity index (χ4v) is 4.27. The Morgan fingerprint density at radius 3 is 2.79 bits per heavy atom. The molecular weight excluding hydrogens is 425 g/mol. The van der Waals surface area contributed by atoms with Gasteiger partial charge in [0.2, 0.25) is 0 Å². The van der Waals surface area contributed by atoms with Gasteiger partial charge in [0, 0.05) is 43.6 Å². The van der Waals surface area contributed by atoms with Crippen LogP contribution in [0.1, 0.15) is 33.5 Å². The van der Waals surface area contributed by atoms with Crippen molar-refractivity contribution in [1.82, 2.24) is 9.78 Å². The molecule has 170 valence electrons. The second kappa shape index (κ2) is 8.88. The Morgan fingerprint density at radius 2 is 2.06 bits per heavy atom. The van der Waals surface area contributed by atoms with E-state index in [1.54, 1.807) is 4.68 Å². The monoisotopic (exact) mass is 449 g/mol. The number of aryl methyl sites for hydroxylation is 1. The van der Waals surface area contributed by atoms with Crippen molar-refractivity contribution in [2.24, 2.45) is 12.0 Å². The summed E-state index contributed by atoms with van der Waals surface area (Å²) in [5.74, 6) is -0.764. The molecule has 7 nitrogen and oxygen atoms in total. The molecule has 2 aromatic carbocycles. The predicted octanol–water partition coefficient (Wildman–Crippen LogP) is 3.11. The number of aliphatic hydroxyl groups is 1. The molecular formula is C25H24FN3O4. The summed E-state index contributed by atoms with van der Waals surface area (Å²) in [6, 6.07) is 9.58. The Morgan fingerprint density at radius 1 is 1.24 bits per heavy atom. The minimum Gasteiger partial charge on any atom is -0.493 e. The van der Waals surface area contributed by atoms with E-state index in [2.05, 4.69) is 10.1 Å². The lowest BCUT2D eigenvalue weighted by Crippen LogP contribution is -2.33. The third-order valence-electron chi connectivity index (χ3n) is 6.01. The van der Waals surface area contributed by atoms with Gasteiger partial charge in [0.15, 0.2) is 0 Å². The Bertz CT molecular complexity index is 1230. The van der Waals surface area contributed by atoms with Crippen LogP contribution in [0, 0.1) is 5.82 Å². The minimum atomic E-state index is -0.943. The zero-order valence-corrected chi connectivity index (χ0v) is 18.3. The maximum atomic E-state index is 15.2. The molecule has 0 aliphatic carbocycles. The molecule has 1 N–H and O–H groups in total. The third-order valence-corrected chi connectivity index (χ3v) is 6.01. The van der Waals surface area contributed by atoms with Crippen LogP contribution in [-0.4, -0.2) is 52.4 Å². The van der Waals surface area contributed by atoms with Gasteiger partial charge in [-0.3, -0.25) is 9.48 Å². The number of benzene rings is 2. The van der Waals surface area contributed by atoms with Crippen molar-refractivity contribution in [3.8, 4) is 16.9 Å². The molecule has 5 rings (SSSR count). The van der Waals surface area contributed by atoms with Crippen LogP contribution in [-0.2, 0) is 24.6 Å². The highest BCUT2D eigenvalue weighted by molar-refractivity contribution is 6.06. The summed E-state index contributed by atoms with van der Waals surface area (Å²) in [7, 11) is 1.87. The van der Waals surface area contributed by atoms with E-state index < -0.39 is 17.8 Å². The minimum absolute atomic E-state index is 0.0902. The number of fused-ring (bicyclic) bond motifs is 1. The number of rotatable bonds is 4. The van der Waals surface area contributed by atoms with Crippen LogP contribution in [0.2, 0.25) is 0 Å². The molecule has 1 amide bonds. The molecule has 8 heteroatoms. The maximum Gasteiger partial charge on any atom is 0.279 e. The highest BCUT2D eigenvalue weighted by Crippen LogP contribution is 2.36. The van der Waals surface area contributed by atoms with Crippen molar-refractivity contribution in [1.29, 1.82) is 0 Å². The number of aliphatic hydroxyl groups excluding tert-OH is 1. The molecule has 1 aromatic heterocycles. The number of carbonyl (C=O) groups is 1. The number of halogens is 1. The fraction of sp³-hybridized carbons (Fsp3) is 0.320. The van der Waals surface area contributed by atoms with Gasteiger partial charge in [-0.25, -0.2) is 9.38 Å². The highest BCUT2D eigenvalue weighted by Gasteiger charge is 2.27. The van der Waals surface area contributed by atoms with E-state index in [9.17, 15) is 9.90 Å². The zero-order valence-electron chi connectivity index (χ0n) is 18.3. The Balaban J connectivity index is 1.45. The number of carbonyl (C=O) groups excluding carboxylic acids is 1. The molecule has 0 spiro atoms. The summed E-state index contributed by atoms with van der Waals surface area (Å²) in [5, 5.41) is 14.2. The number of hydrogen-bond acceptors (Lipinski definition) is 5. The molecule has 3 heterocycles. The molecule has 0 unspecified atom stereocenters. The highest BCUT2D eigenvalue weighted by atomic mass is 19.1. The van der Waals surface area contributed by atoms with Gasteiger partial charge in [0.1, 0.15) is 17.7 Å². The number of ether oxygens (including phenoxy) is 2. The van der Waals surface area contributed by atoms with Gasteiger partial charge >= 0.3 is 0 Å². The van der Waals surface area contributed by atoms with Crippen LogP contribution in [0.25, 0.3) is 11.1 Å². The largest absolute Gasteiger partial charge is 0.493 e. The van der Waals surface area contributed by atoms with Crippen LogP contribution >= 0.6 is 0 Å². The second-order valence-electron chi connectivity index (χ2n) is 8.33. The van der Waals surface area contributed by atoms with Gasteiger partial charge in [-0.1, -0.05) is 24.3 Å². The molecule has 0 bridgehead atoms. The van der Waals surface area contributed by atoms with Gasteiger partial charge in [0.05, 0.1) is 37.3 Å². The van der Waals surface area contributed by atoms with Gasteiger partial charge in [-0.05, 0) is 22.8 Å². The van der Waals surface area contributed by atoms with Crippen molar-refractivity contribution in [3.63, 3.8) is 0 Å². The molecule has 1 fully saturated rings. The molecule has 1 saturated heterocycles. The SMILES string of the molecule is Cn1cc(-c2ccc(Cc3cc(C(=O)/N=C4/CCOC[C@@H]4O)c(F)c4c3OCC4)cc2)cn1. The number of aliphatic imine (C=N–C) groups is 1. The first-order valence-electron chi connectivity index (χ1n) is 10.9. The lowest BCUT2D eigenvalue weighted by Gasteiger charge is -2.19. The smallest absolute Gasteiger partial charge is 0.279 e. The van der Waals surface area contributed by atoms with E-state index in [1.165, 1.54) is 6.07 Å². The topological polar surface area (TPSA) is 85.9 Å². The molecule has 33 heavy (non-hydrogen) atoms. The molecule has 0 saturated carbocycles. The first-order chi connectivity index (χ1) is 16.0.